The zero-order valence-corrected chi connectivity index (χ0v) is 17.5. The van der Waals surface area contributed by atoms with Gasteiger partial charge in [-0.25, -0.2) is 9.18 Å². The number of carbonyl (C=O) groups excluding carboxylic acids is 3. The molecule has 8 heteroatoms. The minimum absolute atomic E-state index is 0.00905. The standard InChI is InChI=1S/C22H31FN4O3/c1-16(21(29)25-22(30)24-19-5-3-2-4-6-19)26-11-13-27(14-12-26)20(28)15-17-7-9-18(23)10-8-17/h7-10,16,19H,2-6,11-15H2,1H3,(H2,24,25,29,30). The highest BCUT2D eigenvalue weighted by atomic mass is 19.1. The SMILES string of the molecule is CC(C(=O)NC(=O)NC1CCCCC1)N1CCN(C(=O)Cc2ccc(F)cc2)CC1. The van der Waals surface area contributed by atoms with Crippen LogP contribution in [0, 0.1) is 5.82 Å². The average molecular weight is 419 g/mol. The van der Waals surface area contributed by atoms with Gasteiger partial charge < -0.3 is 10.2 Å². The van der Waals surface area contributed by atoms with Gasteiger partial charge in [0.15, 0.2) is 0 Å². The first kappa shape index (κ1) is 22.2. The summed E-state index contributed by atoms with van der Waals surface area (Å²) in [4.78, 5) is 40.8. The van der Waals surface area contributed by atoms with Crippen molar-refractivity contribution in [1.29, 1.82) is 0 Å². The van der Waals surface area contributed by atoms with E-state index in [1.54, 1.807) is 24.0 Å². The number of nitrogens with zero attached hydrogens (tertiary/aromatic N) is 2. The third-order valence-electron chi connectivity index (χ3n) is 6.04. The van der Waals surface area contributed by atoms with Crippen molar-refractivity contribution in [3.05, 3.63) is 35.6 Å². The summed E-state index contributed by atoms with van der Waals surface area (Å²) in [5.41, 5.74) is 0.778. The summed E-state index contributed by atoms with van der Waals surface area (Å²) in [6, 6.07) is 5.22. The molecule has 0 radical (unpaired) electrons. The maximum atomic E-state index is 13.0. The third-order valence-corrected chi connectivity index (χ3v) is 6.04. The Kier molecular flexibility index (Phi) is 7.79. The van der Waals surface area contributed by atoms with Crippen molar-refractivity contribution >= 4 is 17.8 Å². The van der Waals surface area contributed by atoms with Crippen LogP contribution in [0.4, 0.5) is 9.18 Å². The molecule has 1 aliphatic carbocycles. The van der Waals surface area contributed by atoms with Gasteiger partial charge in [-0.05, 0) is 37.5 Å². The van der Waals surface area contributed by atoms with E-state index in [2.05, 4.69) is 10.6 Å². The lowest BCUT2D eigenvalue weighted by molar-refractivity contribution is -0.133. The van der Waals surface area contributed by atoms with Crippen molar-refractivity contribution in [2.24, 2.45) is 0 Å². The molecule has 0 aromatic heterocycles. The van der Waals surface area contributed by atoms with Gasteiger partial charge in [0.1, 0.15) is 5.82 Å². The molecule has 4 amide bonds. The molecule has 1 unspecified atom stereocenters. The molecular formula is C22H31FN4O3. The molecular weight excluding hydrogens is 387 g/mol. The van der Waals surface area contributed by atoms with Gasteiger partial charge in [0, 0.05) is 32.2 Å². The summed E-state index contributed by atoms with van der Waals surface area (Å²) in [6.45, 7) is 3.94. The van der Waals surface area contributed by atoms with Crippen LogP contribution in [0.5, 0.6) is 0 Å². The topological polar surface area (TPSA) is 81.8 Å². The van der Waals surface area contributed by atoms with Crippen LogP contribution in [0.2, 0.25) is 0 Å². The Morgan fingerprint density at radius 2 is 1.67 bits per heavy atom. The van der Waals surface area contributed by atoms with E-state index >= 15 is 0 Å². The Bertz CT molecular complexity index is 741. The van der Waals surface area contributed by atoms with Crippen molar-refractivity contribution in [2.75, 3.05) is 26.2 Å². The van der Waals surface area contributed by atoms with Gasteiger partial charge in [0.05, 0.1) is 12.5 Å². The summed E-state index contributed by atoms with van der Waals surface area (Å²) in [5, 5.41) is 5.34. The van der Waals surface area contributed by atoms with Crippen LogP contribution in [0.25, 0.3) is 0 Å². The predicted octanol–water partition coefficient (Wildman–Crippen LogP) is 2.06. The molecule has 2 fully saturated rings. The fourth-order valence-electron chi connectivity index (χ4n) is 4.10. The second-order valence-corrected chi connectivity index (χ2v) is 8.19. The Hall–Kier alpha value is -2.48. The van der Waals surface area contributed by atoms with Crippen LogP contribution >= 0.6 is 0 Å². The second-order valence-electron chi connectivity index (χ2n) is 8.19. The molecule has 1 atom stereocenters. The van der Waals surface area contributed by atoms with Crippen LogP contribution in [-0.2, 0) is 16.0 Å². The van der Waals surface area contributed by atoms with E-state index in [1.807, 2.05) is 4.90 Å². The van der Waals surface area contributed by atoms with Crippen molar-refractivity contribution in [1.82, 2.24) is 20.4 Å². The summed E-state index contributed by atoms with van der Waals surface area (Å²) in [7, 11) is 0. The molecule has 1 aromatic carbocycles. The Morgan fingerprint density at radius 3 is 2.30 bits per heavy atom. The smallest absolute Gasteiger partial charge is 0.321 e. The zero-order valence-electron chi connectivity index (χ0n) is 17.5. The summed E-state index contributed by atoms with van der Waals surface area (Å²) < 4.78 is 13.0. The highest BCUT2D eigenvalue weighted by Crippen LogP contribution is 2.17. The first-order chi connectivity index (χ1) is 14.4. The Labute approximate surface area is 177 Å². The molecule has 2 N–H and O–H groups in total. The van der Waals surface area contributed by atoms with E-state index in [1.165, 1.54) is 18.6 Å². The molecule has 2 aliphatic rings. The van der Waals surface area contributed by atoms with Crippen LogP contribution in [0.3, 0.4) is 0 Å². The number of hydrogen-bond acceptors (Lipinski definition) is 4. The molecule has 0 bridgehead atoms. The number of rotatable bonds is 5. The van der Waals surface area contributed by atoms with Crippen LogP contribution in [0.15, 0.2) is 24.3 Å². The van der Waals surface area contributed by atoms with E-state index in [0.717, 1.165) is 31.2 Å². The van der Waals surface area contributed by atoms with Gasteiger partial charge in [-0.3, -0.25) is 19.8 Å². The monoisotopic (exact) mass is 418 g/mol. The Morgan fingerprint density at radius 1 is 1.03 bits per heavy atom. The number of amides is 4. The maximum Gasteiger partial charge on any atom is 0.321 e. The van der Waals surface area contributed by atoms with Crippen LogP contribution in [0.1, 0.15) is 44.6 Å². The Balaban J connectivity index is 1.40. The molecule has 30 heavy (non-hydrogen) atoms. The molecule has 0 spiro atoms. The van der Waals surface area contributed by atoms with Crippen molar-refractivity contribution in [3.63, 3.8) is 0 Å². The highest BCUT2D eigenvalue weighted by Gasteiger charge is 2.28. The van der Waals surface area contributed by atoms with Crippen LogP contribution in [-0.4, -0.2) is 65.9 Å². The van der Waals surface area contributed by atoms with E-state index in [9.17, 15) is 18.8 Å². The first-order valence-electron chi connectivity index (χ1n) is 10.8. The number of nitrogens with one attached hydrogen (secondary N) is 2. The lowest BCUT2D eigenvalue weighted by atomic mass is 9.96. The van der Waals surface area contributed by atoms with Crippen molar-refractivity contribution in [3.8, 4) is 0 Å². The quantitative estimate of drug-likeness (QED) is 0.767. The first-order valence-corrected chi connectivity index (χ1v) is 10.8. The molecule has 1 saturated heterocycles. The number of halogens is 1. The van der Waals surface area contributed by atoms with Crippen LogP contribution < -0.4 is 10.6 Å². The molecule has 1 aliphatic heterocycles. The molecule has 1 aromatic rings. The minimum atomic E-state index is -0.448. The largest absolute Gasteiger partial charge is 0.340 e. The van der Waals surface area contributed by atoms with E-state index in [0.29, 0.717) is 26.2 Å². The van der Waals surface area contributed by atoms with Crippen molar-refractivity contribution in [2.45, 2.75) is 57.5 Å². The molecule has 3 rings (SSSR count). The normalized spacial score (nSPS) is 19.2. The number of imide groups is 1. The van der Waals surface area contributed by atoms with Gasteiger partial charge in [0.2, 0.25) is 11.8 Å². The lowest BCUT2D eigenvalue weighted by Crippen LogP contribution is -2.57. The van der Waals surface area contributed by atoms with Gasteiger partial charge in [-0.15, -0.1) is 0 Å². The molecule has 164 valence electrons. The summed E-state index contributed by atoms with van der Waals surface area (Å²) >= 11 is 0. The lowest BCUT2D eigenvalue weighted by Gasteiger charge is -2.37. The minimum Gasteiger partial charge on any atom is -0.340 e. The maximum absolute atomic E-state index is 13.0. The summed E-state index contributed by atoms with van der Waals surface area (Å²) in [5.74, 6) is -0.654. The van der Waals surface area contributed by atoms with E-state index in [4.69, 9.17) is 0 Å². The second kappa shape index (κ2) is 10.5. The number of benzene rings is 1. The predicted molar refractivity (Wildman–Crippen MR) is 111 cm³/mol. The molecule has 7 nitrogen and oxygen atoms in total. The van der Waals surface area contributed by atoms with Gasteiger partial charge >= 0.3 is 6.03 Å². The van der Waals surface area contributed by atoms with Gasteiger partial charge in [0.25, 0.3) is 0 Å². The zero-order chi connectivity index (χ0) is 21.5. The van der Waals surface area contributed by atoms with Gasteiger partial charge in [-0.2, -0.15) is 0 Å². The van der Waals surface area contributed by atoms with E-state index in [-0.39, 0.29) is 30.1 Å². The van der Waals surface area contributed by atoms with E-state index < -0.39 is 12.1 Å². The summed E-state index contributed by atoms with van der Waals surface area (Å²) in [6.07, 6.45) is 5.58. The number of carbonyl (C=O) groups is 3. The molecule has 1 heterocycles. The average Bonchev–Trinajstić information content (AvgIpc) is 2.75. The number of urea groups is 1. The fraction of sp³-hybridized carbons (Fsp3) is 0.591. The molecule has 1 saturated carbocycles. The van der Waals surface area contributed by atoms with Gasteiger partial charge in [-0.1, -0.05) is 31.4 Å². The number of hydrogen-bond donors (Lipinski definition) is 2. The van der Waals surface area contributed by atoms with Crippen molar-refractivity contribution < 1.29 is 18.8 Å². The fourth-order valence-corrected chi connectivity index (χ4v) is 4.10. The third kappa shape index (κ3) is 6.26. The number of piperazine rings is 1. The highest BCUT2D eigenvalue weighted by molar-refractivity contribution is 5.96.